The molecule has 1 saturated heterocycles. The summed E-state index contributed by atoms with van der Waals surface area (Å²) in [7, 11) is 1.59. The van der Waals surface area contributed by atoms with Crippen LogP contribution < -0.4 is 14.8 Å². The van der Waals surface area contributed by atoms with E-state index in [0.717, 1.165) is 0 Å². The van der Waals surface area contributed by atoms with Gasteiger partial charge in [0.1, 0.15) is 23.7 Å². The minimum atomic E-state index is -0.798. The van der Waals surface area contributed by atoms with E-state index in [1.165, 1.54) is 6.20 Å². The predicted octanol–water partition coefficient (Wildman–Crippen LogP) is 0.554. The Bertz CT molecular complexity index is 838. The molecule has 0 bridgehead atoms. The van der Waals surface area contributed by atoms with Crippen molar-refractivity contribution >= 4 is 5.91 Å². The molecule has 1 amide bonds. The van der Waals surface area contributed by atoms with Gasteiger partial charge in [0.05, 0.1) is 25.3 Å². The first kappa shape index (κ1) is 20.6. The van der Waals surface area contributed by atoms with Crippen molar-refractivity contribution in [1.29, 1.82) is 0 Å². The topological polar surface area (TPSA) is 120 Å². The molecule has 162 valence electrons. The van der Waals surface area contributed by atoms with Crippen molar-refractivity contribution in [2.45, 2.75) is 49.7 Å². The number of aromatic amines is 1. The number of amides is 1. The number of carbonyl (C=O) groups is 1. The van der Waals surface area contributed by atoms with Gasteiger partial charge in [-0.2, -0.15) is 0 Å². The van der Waals surface area contributed by atoms with E-state index in [-0.39, 0.29) is 29.9 Å². The van der Waals surface area contributed by atoms with Crippen LogP contribution in [0.1, 0.15) is 29.9 Å². The monoisotopic (exact) mass is 416 g/mol. The second-order valence-electron chi connectivity index (χ2n) is 7.84. The van der Waals surface area contributed by atoms with E-state index in [2.05, 4.69) is 20.2 Å². The number of aromatic nitrogens is 2. The first-order valence-electron chi connectivity index (χ1n) is 10.3. The number of likely N-dealkylation sites (tertiary alicyclic amines) is 1. The molecule has 9 nitrogen and oxygen atoms in total. The Morgan fingerprint density at radius 3 is 2.73 bits per heavy atom. The largest absolute Gasteiger partial charge is 0.497 e. The lowest BCUT2D eigenvalue weighted by Crippen LogP contribution is -2.56. The standard InChI is InChI=1S/C21H28N4O5/c1-29-14-3-2-4-15(11-14)30-17-12-16(24-21(28)20-22-7-8-23-20)18(19(17)27)25-9-5-13(26)6-10-25/h2-4,7-8,11,13,16-19,26-27H,5-6,9-10,12H2,1H3,(H,22,23)(H,24,28)/t16-,17-,18+,19+/m1/s1. The lowest BCUT2D eigenvalue weighted by Gasteiger charge is -2.38. The number of methoxy groups -OCH3 is 1. The van der Waals surface area contributed by atoms with E-state index in [4.69, 9.17) is 9.47 Å². The summed E-state index contributed by atoms with van der Waals surface area (Å²) in [5.74, 6) is 1.18. The molecule has 4 rings (SSSR count). The summed E-state index contributed by atoms with van der Waals surface area (Å²) in [6, 6.07) is 6.61. The van der Waals surface area contributed by atoms with Gasteiger partial charge in [-0.1, -0.05) is 6.07 Å². The van der Waals surface area contributed by atoms with Gasteiger partial charge in [-0.25, -0.2) is 4.98 Å². The Kier molecular flexibility index (Phi) is 6.21. The second-order valence-corrected chi connectivity index (χ2v) is 7.84. The number of aliphatic hydroxyl groups excluding tert-OH is 2. The van der Waals surface area contributed by atoms with Crippen molar-refractivity contribution in [2.75, 3.05) is 20.2 Å². The Morgan fingerprint density at radius 1 is 1.27 bits per heavy atom. The van der Waals surface area contributed by atoms with Gasteiger partial charge in [-0.15, -0.1) is 0 Å². The zero-order chi connectivity index (χ0) is 21.1. The maximum absolute atomic E-state index is 12.6. The molecule has 2 aliphatic rings. The number of H-pyrrole nitrogens is 1. The smallest absolute Gasteiger partial charge is 0.287 e. The quantitative estimate of drug-likeness (QED) is 0.543. The van der Waals surface area contributed by atoms with Gasteiger partial charge in [-0.05, 0) is 25.0 Å². The molecule has 1 saturated carbocycles. The highest BCUT2D eigenvalue weighted by Crippen LogP contribution is 2.32. The molecule has 1 aromatic carbocycles. The van der Waals surface area contributed by atoms with Crippen molar-refractivity contribution in [3.05, 3.63) is 42.5 Å². The van der Waals surface area contributed by atoms with Crippen molar-refractivity contribution in [3.63, 3.8) is 0 Å². The van der Waals surface area contributed by atoms with Gasteiger partial charge in [0.15, 0.2) is 5.82 Å². The van der Waals surface area contributed by atoms with Gasteiger partial charge in [0.2, 0.25) is 0 Å². The van der Waals surface area contributed by atoms with Crippen LogP contribution in [-0.2, 0) is 0 Å². The van der Waals surface area contributed by atoms with Crippen molar-refractivity contribution in [1.82, 2.24) is 20.2 Å². The molecule has 2 fully saturated rings. The summed E-state index contributed by atoms with van der Waals surface area (Å²) in [5.41, 5.74) is 0. The first-order valence-corrected chi connectivity index (χ1v) is 10.3. The number of nitrogens with zero attached hydrogens (tertiary/aromatic N) is 2. The maximum Gasteiger partial charge on any atom is 0.287 e. The molecule has 2 aromatic rings. The third kappa shape index (κ3) is 4.43. The van der Waals surface area contributed by atoms with Crippen LogP contribution in [0.4, 0.5) is 0 Å². The highest BCUT2D eigenvalue weighted by molar-refractivity contribution is 5.90. The molecule has 4 atom stereocenters. The minimum Gasteiger partial charge on any atom is -0.497 e. The van der Waals surface area contributed by atoms with E-state index >= 15 is 0 Å². The van der Waals surface area contributed by atoms with Gasteiger partial charge in [0, 0.05) is 38.0 Å². The van der Waals surface area contributed by atoms with E-state index < -0.39 is 12.2 Å². The highest BCUT2D eigenvalue weighted by atomic mass is 16.5. The van der Waals surface area contributed by atoms with Crippen LogP contribution in [0, 0.1) is 0 Å². The number of piperidine rings is 1. The van der Waals surface area contributed by atoms with Gasteiger partial charge in [0.25, 0.3) is 5.91 Å². The second kappa shape index (κ2) is 9.03. The summed E-state index contributed by atoms with van der Waals surface area (Å²) in [5, 5.41) is 24.0. The summed E-state index contributed by atoms with van der Waals surface area (Å²) in [6.07, 6.45) is 3.25. The number of carbonyl (C=O) groups excluding carboxylic acids is 1. The lowest BCUT2D eigenvalue weighted by atomic mass is 10.0. The zero-order valence-electron chi connectivity index (χ0n) is 16.9. The fourth-order valence-corrected chi connectivity index (χ4v) is 4.38. The number of nitrogens with one attached hydrogen (secondary N) is 2. The number of benzene rings is 1. The number of imidazole rings is 1. The highest BCUT2D eigenvalue weighted by Gasteiger charge is 2.48. The van der Waals surface area contributed by atoms with Gasteiger partial charge < -0.3 is 30.0 Å². The van der Waals surface area contributed by atoms with Crippen molar-refractivity contribution in [2.24, 2.45) is 0 Å². The average molecular weight is 416 g/mol. The van der Waals surface area contributed by atoms with Crippen LogP contribution in [0.3, 0.4) is 0 Å². The third-order valence-corrected chi connectivity index (χ3v) is 5.91. The third-order valence-electron chi connectivity index (χ3n) is 5.91. The summed E-state index contributed by atoms with van der Waals surface area (Å²) in [6.45, 7) is 1.31. The molecule has 9 heteroatoms. The normalized spacial score (nSPS) is 27.7. The Labute approximate surface area is 175 Å². The van der Waals surface area contributed by atoms with Crippen LogP contribution in [0.25, 0.3) is 0 Å². The zero-order valence-corrected chi connectivity index (χ0v) is 16.9. The fraction of sp³-hybridized carbons (Fsp3) is 0.524. The average Bonchev–Trinajstić information content (AvgIpc) is 3.38. The fourth-order valence-electron chi connectivity index (χ4n) is 4.38. The summed E-state index contributed by atoms with van der Waals surface area (Å²) >= 11 is 0. The first-order chi connectivity index (χ1) is 14.5. The minimum absolute atomic E-state index is 0.231. The number of rotatable bonds is 6. The van der Waals surface area contributed by atoms with Crippen molar-refractivity contribution < 1.29 is 24.5 Å². The molecule has 1 aromatic heterocycles. The Morgan fingerprint density at radius 2 is 2.03 bits per heavy atom. The van der Waals surface area contributed by atoms with E-state index in [1.54, 1.807) is 19.4 Å². The SMILES string of the molecule is COc1cccc(O[C@@H]2C[C@@H](NC(=O)c3ncc[nH]3)[C@H](N3CCC(O)CC3)[C@H]2O)c1. The van der Waals surface area contributed by atoms with Crippen molar-refractivity contribution in [3.8, 4) is 11.5 Å². The molecule has 0 radical (unpaired) electrons. The molecule has 2 heterocycles. The number of hydrogen-bond donors (Lipinski definition) is 4. The number of hydrogen-bond acceptors (Lipinski definition) is 7. The molecule has 4 N–H and O–H groups in total. The van der Waals surface area contributed by atoms with E-state index in [0.29, 0.717) is 43.9 Å². The molecule has 0 unspecified atom stereocenters. The molecule has 0 spiro atoms. The molecular weight excluding hydrogens is 388 g/mol. The molecular formula is C21H28N4O5. The van der Waals surface area contributed by atoms with Gasteiger partial charge >= 0.3 is 0 Å². The van der Waals surface area contributed by atoms with E-state index in [9.17, 15) is 15.0 Å². The van der Waals surface area contributed by atoms with Crippen LogP contribution in [0.5, 0.6) is 11.5 Å². The number of aliphatic hydroxyl groups is 2. The molecule has 30 heavy (non-hydrogen) atoms. The van der Waals surface area contributed by atoms with Crippen LogP contribution in [0.15, 0.2) is 36.7 Å². The van der Waals surface area contributed by atoms with Crippen LogP contribution >= 0.6 is 0 Å². The molecule has 1 aliphatic heterocycles. The van der Waals surface area contributed by atoms with E-state index in [1.807, 2.05) is 18.2 Å². The Balaban J connectivity index is 1.52. The number of ether oxygens (including phenoxy) is 2. The Hall–Kier alpha value is -2.62. The maximum atomic E-state index is 12.6. The summed E-state index contributed by atoms with van der Waals surface area (Å²) in [4.78, 5) is 21.6. The van der Waals surface area contributed by atoms with Gasteiger partial charge in [-0.3, -0.25) is 9.69 Å². The molecule has 1 aliphatic carbocycles. The van der Waals surface area contributed by atoms with Crippen LogP contribution in [0.2, 0.25) is 0 Å². The lowest BCUT2D eigenvalue weighted by molar-refractivity contribution is -0.0145. The predicted molar refractivity (Wildman–Crippen MR) is 108 cm³/mol. The summed E-state index contributed by atoms with van der Waals surface area (Å²) < 4.78 is 11.3. The van der Waals surface area contributed by atoms with Crippen LogP contribution in [-0.4, -0.2) is 81.6 Å².